The Kier molecular flexibility index (Phi) is 10.1. The van der Waals surface area contributed by atoms with Gasteiger partial charge in [-0.2, -0.15) is 0 Å². The summed E-state index contributed by atoms with van der Waals surface area (Å²) in [7, 11) is 1.74. The van der Waals surface area contributed by atoms with E-state index in [9.17, 15) is 0 Å². The van der Waals surface area contributed by atoms with Crippen LogP contribution in [0.3, 0.4) is 0 Å². The summed E-state index contributed by atoms with van der Waals surface area (Å²) in [5.74, 6) is 1.56. The molecule has 0 spiro atoms. The topological polar surface area (TPSA) is 39.9 Å². The van der Waals surface area contributed by atoms with E-state index in [4.69, 9.17) is 18.8 Å². The van der Waals surface area contributed by atoms with E-state index in [1.165, 1.54) is 5.56 Å². The summed E-state index contributed by atoms with van der Waals surface area (Å²) in [6, 6.07) is 65.2. The van der Waals surface area contributed by atoms with Crippen LogP contribution in [-0.4, -0.2) is 21.6 Å². The molecule has 322 valence electrons. The molecule has 0 radical (unpaired) electrons. The second kappa shape index (κ2) is 17.3. The quantitative estimate of drug-likeness (QED) is 0.145. The number of aromatic nitrogens is 3. The zero-order valence-corrected chi connectivity index (χ0v) is 38.2. The normalized spacial score (nSPS) is 12.4. The number of fused-ring (bicyclic) bond motifs is 1. The Balaban J connectivity index is 1.26. The molecule has 10 aromatic rings. The van der Waals surface area contributed by atoms with Crippen LogP contribution >= 0.6 is 0 Å². The SMILES string of the molecule is [2H]C([2H])([2H])c1ccc(-c2ccnc(-c3cc(-c4ccccc4)cc(-c4cccc5c4nc(-c4cc(C)cc(C)c4OC)n5-c4cc(-c5ccccc5)c(C(C)(C)C)cc4-c4ccccc4)c3)c2)cc1. The minimum atomic E-state index is -2.17. The number of imidazole rings is 1. The zero-order chi connectivity index (χ0) is 48.0. The van der Waals surface area contributed by atoms with Crippen molar-refractivity contribution >= 4 is 11.0 Å². The lowest BCUT2D eigenvalue weighted by atomic mass is 9.79. The highest BCUT2D eigenvalue weighted by atomic mass is 16.5. The molecule has 0 atom stereocenters. The van der Waals surface area contributed by atoms with Crippen molar-refractivity contribution in [3.05, 3.63) is 217 Å². The fraction of sp³-hybridized carbons (Fsp3) is 0.129. The van der Waals surface area contributed by atoms with Crippen LogP contribution in [0.15, 0.2) is 194 Å². The first kappa shape index (κ1) is 38.6. The smallest absolute Gasteiger partial charge is 0.149 e. The van der Waals surface area contributed by atoms with Gasteiger partial charge in [-0.3, -0.25) is 9.55 Å². The van der Waals surface area contributed by atoms with Crippen LogP contribution in [0.4, 0.5) is 0 Å². The first-order valence-corrected chi connectivity index (χ1v) is 22.5. The van der Waals surface area contributed by atoms with E-state index in [0.717, 1.165) is 112 Å². The summed E-state index contributed by atoms with van der Waals surface area (Å²) in [5.41, 5.74) is 19.5. The van der Waals surface area contributed by atoms with Crippen molar-refractivity contribution in [3.63, 3.8) is 0 Å². The van der Waals surface area contributed by atoms with Crippen LogP contribution in [0.25, 0.3) is 95.0 Å². The van der Waals surface area contributed by atoms with E-state index < -0.39 is 6.85 Å². The number of methoxy groups -OCH3 is 1. The van der Waals surface area contributed by atoms with Crippen molar-refractivity contribution in [2.24, 2.45) is 0 Å². The zero-order valence-electron chi connectivity index (χ0n) is 41.2. The number of para-hydroxylation sites is 1. The number of rotatable bonds is 9. The maximum atomic E-state index is 7.89. The molecular formula is C62H53N3O. The molecule has 0 unspecified atom stereocenters. The molecule has 0 bridgehead atoms. The van der Waals surface area contributed by atoms with Crippen molar-refractivity contribution in [3.8, 4) is 89.7 Å². The molecule has 8 aromatic carbocycles. The average Bonchev–Trinajstić information content (AvgIpc) is 3.76. The fourth-order valence-corrected chi connectivity index (χ4v) is 9.41. The van der Waals surface area contributed by atoms with Crippen molar-refractivity contribution < 1.29 is 8.85 Å². The molecule has 0 amide bonds. The highest BCUT2D eigenvalue weighted by molar-refractivity contribution is 5.99. The largest absolute Gasteiger partial charge is 0.496 e. The van der Waals surface area contributed by atoms with Gasteiger partial charge in [-0.1, -0.05) is 160 Å². The van der Waals surface area contributed by atoms with Crippen LogP contribution in [0.5, 0.6) is 5.75 Å². The van der Waals surface area contributed by atoms with E-state index in [0.29, 0.717) is 5.56 Å². The Labute approximate surface area is 393 Å². The molecule has 0 saturated heterocycles. The molecule has 0 fully saturated rings. The number of hydrogen-bond donors (Lipinski definition) is 0. The second-order valence-electron chi connectivity index (χ2n) is 18.2. The number of nitrogens with zero attached hydrogens (tertiary/aromatic N) is 3. The summed E-state index contributed by atoms with van der Waals surface area (Å²) in [5, 5.41) is 0. The third-order valence-corrected chi connectivity index (χ3v) is 12.5. The third-order valence-electron chi connectivity index (χ3n) is 12.5. The first-order valence-electron chi connectivity index (χ1n) is 24.0. The summed E-state index contributed by atoms with van der Waals surface area (Å²) in [6.07, 6.45) is 1.82. The molecule has 0 aliphatic carbocycles. The lowest BCUT2D eigenvalue weighted by Gasteiger charge is -2.27. The number of benzene rings is 8. The summed E-state index contributed by atoms with van der Waals surface area (Å²) in [4.78, 5) is 10.7. The standard InChI is InChI=1S/C62H53N3O/c1-40-26-28-44(29-27-40)47-30-31-63-56(37-47)50-35-48(43-18-11-8-12-19-43)34-49(36-50)51-24-17-25-57-59(51)64-61(54-33-41(2)32-42(3)60(54)66-7)65(57)58-39-52(45-20-13-9-14-21-45)55(62(4,5)6)38-53(58)46-22-15-10-16-23-46/h8-39H,1-7H3/i1D3. The Morgan fingerprint density at radius 1 is 0.500 bits per heavy atom. The second-order valence-corrected chi connectivity index (χ2v) is 18.2. The van der Waals surface area contributed by atoms with Crippen LogP contribution in [-0.2, 0) is 5.41 Å². The fourth-order valence-electron chi connectivity index (χ4n) is 9.41. The van der Waals surface area contributed by atoms with Gasteiger partial charge in [0, 0.05) is 27.0 Å². The Morgan fingerprint density at radius 2 is 1.14 bits per heavy atom. The van der Waals surface area contributed by atoms with Crippen LogP contribution in [0.2, 0.25) is 0 Å². The minimum absolute atomic E-state index is 0.169. The van der Waals surface area contributed by atoms with Gasteiger partial charge in [0.1, 0.15) is 11.6 Å². The third kappa shape index (κ3) is 8.01. The molecule has 0 saturated carbocycles. The predicted octanol–water partition coefficient (Wildman–Crippen LogP) is 16.3. The van der Waals surface area contributed by atoms with Crippen LogP contribution in [0.1, 0.15) is 47.1 Å². The van der Waals surface area contributed by atoms with Crippen molar-refractivity contribution in [2.45, 2.75) is 46.9 Å². The van der Waals surface area contributed by atoms with Gasteiger partial charge in [-0.05, 0) is 142 Å². The minimum Gasteiger partial charge on any atom is -0.496 e. The van der Waals surface area contributed by atoms with E-state index in [-0.39, 0.29) is 5.41 Å². The number of aryl methyl sites for hydroxylation is 3. The molecule has 4 nitrogen and oxygen atoms in total. The van der Waals surface area contributed by atoms with E-state index in [2.05, 4.69) is 191 Å². The molecule has 0 N–H and O–H groups in total. The molecule has 10 rings (SSSR count). The lowest BCUT2D eigenvalue weighted by Crippen LogP contribution is -2.14. The summed E-state index contributed by atoms with van der Waals surface area (Å²) < 4.78 is 32.3. The molecule has 0 aliphatic heterocycles. The van der Waals surface area contributed by atoms with Crippen LogP contribution in [0, 0.1) is 20.7 Å². The predicted molar refractivity (Wildman–Crippen MR) is 276 cm³/mol. The molecule has 2 heterocycles. The number of pyridine rings is 1. The highest BCUT2D eigenvalue weighted by Crippen LogP contribution is 2.46. The van der Waals surface area contributed by atoms with Gasteiger partial charge in [-0.25, -0.2) is 4.98 Å². The van der Waals surface area contributed by atoms with E-state index in [1.54, 1.807) is 19.2 Å². The summed E-state index contributed by atoms with van der Waals surface area (Å²) >= 11 is 0. The van der Waals surface area contributed by atoms with Gasteiger partial charge in [0.15, 0.2) is 0 Å². The van der Waals surface area contributed by atoms with Gasteiger partial charge in [-0.15, -0.1) is 0 Å². The number of ether oxygens (including phenoxy) is 1. The molecule has 0 aliphatic rings. The Bertz CT molecular complexity index is 3500. The van der Waals surface area contributed by atoms with E-state index >= 15 is 0 Å². The first-order chi connectivity index (χ1) is 33.2. The Hall–Kier alpha value is -7.82. The van der Waals surface area contributed by atoms with E-state index in [1.807, 2.05) is 30.5 Å². The van der Waals surface area contributed by atoms with Gasteiger partial charge in [0.2, 0.25) is 0 Å². The van der Waals surface area contributed by atoms with Gasteiger partial charge in [0.05, 0.1) is 35.1 Å². The van der Waals surface area contributed by atoms with Gasteiger partial charge in [0.25, 0.3) is 0 Å². The molecule has 2 aromatic heterocycles. The Morgan fingerprint density at radius 3 is 1.80 bits per heavy atom. The number of hydrogen-bond acceptors (Lipinski definition) is 3. The van der Waals surface area contributed by atoms with Gasteiger partial charge >= 0.3 is 0 Å². The molecule has 4 heteroatoms. The van der Waals surface area contributed by atoms with Crippen molar-refractivity contribution in [2.75, 3.05) is 7.11 Å². The van der Waals surface area contributed by atoms with Crippen molar-refractivity contribution in [1.29, 1.82) is 0 Å². The maximum Gasteiger partial charge on any atom is 0.149 e. The van der Waals surface area contributed by atoms with Crippen LogP contribution < -0.4 is 4.74 Å². The van der Waals surface area contributed by atoms with Gasteiger partial charge < -0.3 is 4.74 Å². The average molecular weight is 859 g/mol. The highest BCUT2D eigenvalue weighted by Gasteiger charge is 2.27. The lowest BCUT2D eigenvalue weighted by molar-refractivity contribution is 0.413. The maximum absolute atomic E-state index is 7.89. The molecular weight excluding hydrogens is 803 g/mol. The monoisotopic (exact) mass is 858 g/mol. The van der Waals surface area contributed by atoms with Crippen molar-refractivity contribution in [1.82, 2.24) is 14.5 Å². The molecule has 66 heavy (non-hydrogen) atoms. The summed E-state index contributed by atoms with van der Waals surface area (Å²) in [6.45, 7) is 8.92.